The molecule has 5 rings (SSSR count). The first kappa shape index (κ1) is 17.1. The van der Waals surface area contributed by atoms with Crippen LogP contribution in [0.2, 0.25) is 0 Å². The normalized spacial score (nSPS) is 17.8. The number of nitrogens with zero attached hydrogens (tertiary/aromatic N) is 5. The minimum Gasteiger partial charge on any atom is -0.355 e. The highest BCUT2D eigenvalue weighted by Gasteiger charge is 2.30. The predicted molar refractivity (Wildman–Crippen MR) is 103 cm³/mol. The molecule has 1 aliphatic heterocycles. The summed E-state index contributed by atoms with van der Waals surface area (Å²) in [5, 5.41) is 16.1. The summed E-state index contributed by atoms with van der Waals surface area (Å²) in [6, 6.07) is 9.78. The average molecular weight is 380 g/mol. The van der Waals surface area contributed by atoms with Gasteiger partial charge < -0.3 is 10.2 Å². The number of carbonyl (C=O) groups is 1. The van der Waals surface area contributed by atoms with Crippen molar-refractivity contribution >= 4 is 23.1 Å². The molecule has 1 saturated carbocycles. The second-order valence-electron chi connectivity index (χ2n) is 7.55. The first-order valence-corrected chi connectivity index (χ1v) is 9.71. The molecule has 3 aromatic rings. The maximum absolute atomic E-state index is 13.0. The number of rotatable bonds is 4. The van der Waals surface area contributed by atoms with Crippen LogP contribution in [0.5, 0.6) is 0 Å². The fourth-order valence-corrected chi connectivity index (χ4v) is 3.71. The Bertz CT molecular complexity index is 1010. The summed E-state index contributed by atoms with van der Waals surface area (Å²) in [6.07, 6.45) is 3.82. The molecule has 0 atom stereocenters. The summed E-state index contributed by atoms with van der Waals surface area (Å²) in [5.41, 5.74) is 1.40. The van der Waals surface area contributed by atoms with Crippen LogP contribution in [0, 0.1) is 11.7 Å². The molecule has 0 bridgehead atoms. The van der Waals surface area contributed by atoms with E-state index < -0.39 is 0 Å². The molecule has 1 aliphatic carbocycles. The van der Waals surface area contributed by atoms with Gasteiger partial charge in [-0.1, -0.05) is 0 Å². The van der Waals surface area contributed by atoms with Crippen LogP contribution in [0.4, 0.5) is 15.9 Å². The largest absolute Gasteiger partial charge is 0.355 e. The standard InChI is InChI=1S/C20H21FN6O/c21-15-3-5-16(6-4-15)22-20(28)14-9-11-26(12-10-14)18-8-7-17-23-24-19(13-1-2-13)27(17)25-18/h3-8,13-14H,1-2,9-12H2,(H,22,28). The van der Waals surface area contributed by atoms with E-state index in [2.05, 4.69) is 20.4 Å². The first-order valence-electron chi connectivity index (χ1n) is 9.71. The zero-order valence-corrected chi connectivity index (χ0v) is 15.4. The Kier molecular flexibility index (Phi) is 4.18. The van der Waals surface area contributed by atoms with Crippen LogP contribution < -0.4 is 10.2 Å². The molecular formula is C20H21FN6O. The molecule has 7 nitrogen and oxygen atoms in total. The zero-order valence-electron chi connectivity index (χ0n) is 15.4. The van der Waals surface area contributed by atoms with Crippen molar-refractivity contribution in [1.29, 1.82) is 0 Å². The molecule has 144 valence electrons. The lowest BCUT2D eigenvalue weighted by Crippen LogP contribution is -2.38. The molecule has 0 spiro atoms. The van der Waals surface area contributed by atoms with Crippen molar-refractivity contribution in [3.63, 3.8) is 0 Å². The van der Waals surface area contributed by atoms with Crippen molar-refractivity contribution in [3.8, 4) is 0 Å². The fourth-order valence-electron chi connectivity index (χ4n) is 3.71. The van der Waals surface area contributed by atoms with Crippen LogP contribution in [0.25, 0.3) is 5.65 Å². The second kappa shape index (κ2) is 6.85. The molecule has 1 amide bonds. The summed E-state index contributed by atoms with van der Waals surface area (Å²) in [6.45, 7) is 1.53. The molecule has 1 N–H and O–H groups in total. The minimum atomic E-state index is -0.311. The second-order valence-corrected chi connectivity index (χ2v) is 7.55. The van der Waals surface area contributed by atoms with Crippen molar-refractivity contribution in [3.05, 3.63) is 48.0 Å². The van der Waals surface area contributed by atoms with Crippen molar-refractivity contribution in [1.82, 2.24) is 19.8 Å². The van der Waals surface area contributed by atoms with Gasteiger partial charge in [0.25, 0.3) is 0 Å². The van der Waals surface area contributed by atoms with Crippen LogP contribution >= 0.6 is 0 Å². The Morgan fingerprint density at radius 3 is 2.46 bits per heavy atom. The van der Waals surface area contributed by atoms with Crippen LogP contribution in [-0.4, -0.2) is 38.8 Å². The van der Waals surface area contributed by atoms with E-state index in [0.717, 1.165) is 56.1 Å². The lowest BCUT2D eigenvalue weighted by Gasteiger charge is -2.32. The number of benzene rings is 1. The van der Waals surface area contributed by atoms with Gasteiger partial charge in [-0.25, -0.2) is 4.39 Å². The molecule has 1 aromatic carbocycles. The van der Waals surface area contributed by atoms with E-state index in [4.69, 9.17) is 5.10 Å². The topological polar surface area (TPSA) is 75.4 Å². The molecule has 2 fully saturated rings. The molecular weight excluding hydrogens is 359 g/mol. The van der Waals surface area contributed by atoms with E-state index in [-0.39, 0.29) is 17.6 Å². The number of fused-ring (bicyclic) bond motifs is 1. The van der Waals surface area contributed by atoms with E-state index in [1.165, 1.54) is 12.1 Å². The van der Waals surface area contributed by atoms with Crippen molar-refractivity contribution in [2.45, 2.75) is 31.6 Å². The third-order valence-electron chi connectivity index (χ3n) is 5.52. The van der Waals surface area contributed by atoms with E-state index in [0.29, 0.717) is 11.6 Å². The monoisotopic (exact) mass is 380 g/mol. The van der Waals surface area contributed by atoms with Gasteiger partial charge >= 0.3 is 0 Å². The molecule has 3 heterocycles. The number of halogens is 1. The van der Waals surface area contributed by atoms with Gasteiger partial charge in [0.2, 0.25) is 5.91 Å². The molecule has 1 saturated heterocycles. The summed E-state index contributed by atoms with van der Waals surface area (Å²) in [5.74, 6) is 1.95. The third kappa shape index (κ3) is 3.30. The molecule has 0 radical (unpaired) electrons. The number of anilines is 2. The molecule has 2 aliphatic rings. The number of hydrogen-bond acceptors (Lipinski definition) is 5. The van der Waals surface area contributed by atoms with E-state index in [9.17, 15) is 9.18 Å². The highest BCUT2D eigenvalue weighted by molar-refractivity contribution is 5.92. The number of amides is 1. The molecule has 0 unspecified atom stereocenters. The van der Waals surface area contributed by atoms with Crippen LogP contribution in [0.1, 0.15) is 37.4 Å². The fraction of sp³-hybridized carbons (Fsp3) is 0.400. The quantitative estimate of drug-likeness (QED) is 0.753. The Morgan fingerprint density at radius 1 is 1.00 bits per heavy atom. The highest BCUT2D eigenvalue weighted by Crippen LogP contribution is 2.38. The van der Waals surface area contributed by atoms with E-state index in [1.807, 2.05) is 16.6 Å². The molecule has 28 heavy (non-hydrogen) atoms. The van der Waals surface area contributed by atoms with Gasteiger partial charge in [-0.15, -0.1) is 15.3 Å². The minimum absolute atomic E-state index is 0.00972. The van der Waals surface area contributed by atoms with Gasteiger partial charge in [0.05, 0.1) is 0 Å². The predicted octanol–water partition coefficient (Wildman–Crippen LogP) is 3.00. The Balaban J connectivity index is 1.24. The Hall–Kier alpha value is -3.03. The Labute approximate surface area is 161 Å². The van der Waals surface area contributed by atoms with Crippen molar-refractivity contribution in [2.24, 2.45) is 5.92 Å². The van der Waals surface area contributed by atoms with Crippen LogP contribution in [0.3, 0.4) is 0 Å². The number of aromatic nitrogens is 4. The lowest BCUT2D eigenvalue weighted by atomic mass is 9.96. The number of nitrogens with one attached hydrogen (secondary N) is 1. The summed E-state index contributed by atoms with van der Waals surface area (Å²) >= 11 is 0. The van der Waals surface area contributed by atoms with Gasteiger partial charge in [0.15, 0.2) is 11.5 Å². The number of hydrogen-bond donors (Lipinski definition) is 1. The van der Waals surface area contributed by atoms with Crippen molar-refractivity contribution in [2.75, 3.05) is 23.3 Å². The van der Waals surface area contributed by atoms with Crippen molar-refractivity contribution < 1.29 is 9.18 Å². The zero-order chi connectivity index (χ0) is 19.1. The SMILES string of the molecule is O=C(Nc1ccc(F)cc1)C1CCN(c2ccc3nnc(C4CC4)n3n2)CC1. The molecule has 2 aromatic heterocycles. The van der Waals surface area contributed by atoms with Gasteiger partial charge in [-0.05, 0) is 62.1 Å². The van der Waals surface area contributed by atoms with Crippen LogP contribution in [0.15, 0.2) is 36.4 Å². The Morgan fingerprint density at radius 2 is 1.75 bits per heavy atom. The maximum Gasteiger partial charge on any atom is 0.227 e. The van der Waals surface area contributed by atoms with Gasteiger partial charge in [-0.2, -0.15) is 4.52 Å². The number of carbonyl (C=O) groups excluding carboxylic acids is 1. The molecule has 8 heteroatoms. The maximum atomic E-state index is 13.0. The van der Waals surface area contributed by atoms with Gasteiger partial charge in [0.1, 0.15) is 11.6 Å². The first-order chi connectivity index (χ1) is 13.7. The number of piperidine rings is 1. The van der Waals surface area contributed by atoms with Crippen LogP contribution in [-0.2, 0) is 4.79 Å². The smallest absolute Gasteiger partial charge is 0.227 e. The van der Waals surface area contributed by atoms with E-state index in [1.54, 1.807) is 12.1 Å². The van der Waals surface area contributed by atoms with Gasteiger partial charge in [-0.3, -0.25) is 4.79 Å². The summed E-state index contributed by atoms with van der Waals surface area (Å²) in [7, 11) is 0. The van der Waals surface area contributed by atoms with Gasteiger partial charge in [0, 0.05) is 30.6 Å². The van der Waals surface area contributed by atoms with E-state index >= 15 is 0 Å². The lowest BCUT2D eigenvalue weighted by molar-refractivity contribution is -0.120. The highest BCUT2D eigenvalue weighted by atomic mass is 19.1. The third-order valence-corrected chi connectivity index (χ3v) is 5.52. The summed E-state index contributed by atoms with van der Waals surface area (Å²) in [4.78, 5) is 14.7. The average Bonchev–Trinajstić information content (AvgIpc) is 3.48. The summed E-state index contributed by atoms with van der Waals surface area (Å²) < 4.78 is 14.9.